The summed E-state index contributed by atoms with van der Waals surface area (Å²) in [6, 6.07) is 6.10. The van der Waals surface area contributed by atoms with Gasteiger partial charge in [-0.05, 0) is 31.5 Å². The summed E-state index contributed by atoms with van der Waals surface area (Å²) in [4.78, 5) is 0. The fourth-order valence-corrected chi connectivity index (χ4v) is 2.18. The number of methoxy groups -OCH3 is 1. The van der Waals surface area contributed by atoms with Crippen molar-refractivity contribution < 1.29 is 4.74 Å². The number of anilines is 1. The first-order valence-corrected chi connectivity index (χ1v) is 7.15. The van der Waals surface area contributed by atoms with Gasteiger partial charge in [-0.15, -0.1) is 0 Å². The van der Waals surface area contributed by atoms with E-state index in [0.29, 0.717) is 6.04 Å². The first-order valence-electron chi connectivity index (χ1n) is 6.77. The number of benzene rings is 1. The van der Waals surface area contributed by atoms with Gasteiger partial charge in [0.25, 0.3) is 0 Å². The second-order valence-electron chi connectivity index (χ2n) is 4.74. The minimum atomic E-state index is 0.439. The van der Waals surface area contributed by atoms with E-state index in [0.717, 1.165) is 16.5 Å². The van der Waals surface area contributed by atoms with Crippen molar-refractivity contribution in [3.63, 3.8) is 0 Å². The Balaban J connectivity index is 2.47. The van der Waals surface area contributed by atoms with Crippen LogP contribution in [-0.4, -0.2) is 13.2 Å². The maximum absolute atomic E-state index is 6.01. The molecule has 0 radical (unpaired) electrons. The normalized spacial score (nSPS) is 12.2. The maximum Gasteiger partial charge on any atom is 0.142 e. The van der Waals surface area contributed by atoms with Crippen LogP contribution in [0.15, 0.2) is 18.2 Å². The molecule has 18 heavy (non-hydrogen) atoms. The lowest BCUT2D eigenvalue weighted by atomic mass is 10.1. The minimum Gasteiger partial charge on any atom is -0.495 e. The van der Waals surface area contributed by atoms with Gasteiger partial charge in [-0.25, -0.2) is 0 Å². The van der Waals surface area contributed by atoms with Crippen LogP contribution in [0.3, 0.4) is 0 Å². The first-order chi connectivity index (χ1) is 8.67. The summed E-state index contributed by atoms with van der Waals surface area (Å²) in [6.45, 7) is 4.44. The summed E-state index contributed by atoms with van der Waals surface area (Å²) in [6.07, 6.45) is 6.37. The highest BCUT2D eigenvalue weighted by atomic mass is 35.5. The molecule has 3 heteroatoms. The summed E-state index contributed by atoms with van der Waals surface area (Å²) >= 11 is 6.01. The summed E-state index contributed by atoms with van der Waals surface area (Å²) in [5.41, 5.74) is 0.980. The third-order valence-electron chi connectivity index (χ3n) is 3.05. The van der Waals surface area contributed by atoms with E-state index < -0.39 is 0 Å². The average molecular weight is 270 g/mol. The van der Waals surface area contributed by atoms with Crippen molar-refractivity contribution >= 4 is 17.3 Å². The maximum atomic E-state index is 6.01. The fraction of sp³-hybridized carbons (Fsp3) is 0.600. The molecule has 102 valence electrons. The predicted molar refractivity (Wildman–Crippen MR) is 79.8 cm³/mol. The lowest BCUT2D eigenvalue weighted by Crippen LogP contribution is -2.15. The topological polar surface area (TPSA) is 21.3 Å². The zero-order chi connectivity index (χ0) is 13.4. The van der Waals surface area contributed by atoms with Crippen molar-refractivity contribution in [2.45, 2.75) is 52.0 Å². The Morgan fingerprint density at radius 3 is 2.72 bits per heavy atom. The van der Waals surface area contributed by atoms with E-state index in [9.17, 15) is 0 Å². The van der Waals surface area contributed by atoms with Crippen LogP contribution in [0, 0.1) is 0 Å². The molecule has 1 rings (SSSR count). The number of rotatable bonds is 8. The number of nitrogens with one attached hydrogen (secondary N) is 1. The van der Waals surface area contributed by atoms with Gasteiger partial charge in [0.05, 0.1) is 12.8 Å². The minimum absolute atomic E-state index is 0.439. The molecule has 0 aliphatic heterocycles. The lowest BCUT2D eigenvalue weighted by Gasteiger charge is -2.17. The van der Waals surface area contributed by atoms with Gasteiger partial charge in [-0.2, -0.15) is 0 Å². The smallest absolute Gasteiger partial charge is 0.142 e. The molecule has 0 heterocycles. The highest BCUT2D eigenvalue weighted by Crippen LogP contribution is 2.28. The summed E-state index contributed by atoms with van der Waals surface area (Å²) < 4.78 is 5.32. The average Bonchev–Trinajstić information content (AvgIpc) is 2.35. The zero-order valence-corrected chi connectivity index (χ0v) is 12.4. The molecule has 0 spiro atoms. The highest BCUT2D eigenvalue weighted by molar-refractivity contribution is 6.30. The van der Waals surface area contributed by atoms with Gasteiger partial charge in [-0.1, -0.05) is 44.2 Å². The van der Waals surface area contributed by atoms with E-state index in [2.05, 4.69) is 19.2 Å². The number of halogens is 1. The molecule has 0 amide bonds. The SMILES string of the molecule is CCCCCCC(C)Nc1cc(Cl)ccc1OC. The highest BCUT2D eigenvalue weighted by Gasteiger charge is 2.07. The van der Waals surface area contributed by atoms with Crippen molar-refractivity contribution in [2.75, 3.05) is 12.4 Å². The Morgan fingerprint density at radius 1 is 1.28 bits per heavy atom. The van der Waals surface area contributed by atoms with Crippen molar-refractivity contribution in [1.82, 2.24) is 0 Å². The third-order valence-corrected chi connectivity index (χ3v) is 3.29. The summed E-state index contributed by atoms with van der Waals surface area (Å²) in [5, 5.41) is 4.20. The second kappa shape index (κ2) is 8.25. The molecule has 1 N–H and O–H groups in total. The van der Waals surface area contributed by atoms with Crippen LogP contribution in [-0.2, 0) is 0 Å². The molecule has 1 unspecified atom stereocenters. The van der Waals surface area contributed by atoms with Crippen LogP contribution in [0.1, 0.15) is 46.0 Å². The van der Waals surface area contributed by atoms with Crippen LogP contribution < -0.4 is 10.1 Å². The molecule has 0 aliphatic carbocycles. The van der Waals surface area contributed by atoms with Gasteiger partial charge in [0, 0.05) is 11.1 Å². The number of hydrogen-bond donors (Lipinski definition) is 1. The lowest BCUT2D eigenvalue weighted by molar-refractivity contribution is 0.416. The van der Waals surface area contributed by atoms with E-state index >= 15 is 0 Å². The van der Waals surface area contributed by atoms with Gasteiger partial charge in [0.1, 0.15) is 5.75 Å². The molecule has 2 nitrogen and oxygen atoms in total. The Hall–Kier alpha value is -0.890. The van der Waals surface area contributed by atoms with Gasteiger partial charge < -0.3 is 10.1 Å². The van der Waals surface area contributed by atoms with Crippen molar-refractivity contribution in [3.05, 3.63) is 23.2 Å². The van der Waals surface area contributed by atoms with Crippen molar-refractivity contribution in [2.24, 2.45) is 0 Å². The zero-order valence-electron chi connectivity index (χ0n) is 11.6. The number of unbranched alkanes of at least 4 members (excludes halogenated alkanes) is 3. The van der Waals surface area contributed by atoms with E-state index in [1.165, 1.54) is 32.1 Å². The molecule has 1 atom stereocenters. The second-order valence-corrected chi connectivity index (χ2v) is 5.18. The van der Waals surface area contributed by atoms with Gasteiger partial charge >= 0.3 is 0 Å². The van der Waals surface area contributed by atoms with Crippen LogP contribution in [0.2, 0.25) is 5.02 Å². The van der Waals surface area contributed by atoms with E-state index in [4.69, 9.17) is 16.3 Å². The largest absolute Gasteiger partial charge is 0.495 e. The third kappa shape index (κ3) is 5.18. The molecule has 0 aliphatic rings. The van der Waals surface area contributed by atoms with Gasteiger partial charge in [0.15, 0.2) is 0 Å². The summed E-state index contributed by atoms with van der Waals surface area (Å²) in [5.74, 6) is 0.847. The number of hydrogen-bond acceptors (Lipinski definition) is 2. The van der Waals surface area contributed by atoms with Crippen molar-refractivity contribution in [3.8, 4) is 5.75 Å². The molecule has 1 aromatic rings. The van der Waals surface area contributed by atoms with E-state index in [1.54, 1.807) is 7.11 Å². The predicted octanol–water partition coefficient (Wildman–Crippen LogP) is 5.12. The number of ether oxygens (including phenoxy) is 1. The standard InChI is InChI=1S/C15H24ClNO/c1-4-5-6-7-8-12(2)17-14-11-13(16)9-10-15(14)18-3/h9-12,17H,4-8H2,1-3H3. The summed E-state index contributed by atoms with van der Waals surface area (Å²) in [7, 11) is 1.68. The molecule has 0 bridgehead atoms. The molecule has 0 saturated heterocycles. The molecule has 0 saturated carbocycles. The van der Waals surface area contributed by atoms with Crippen LogP contribution in [0.25, 0.3) is 0 Å². The molecule has 0 fully saturated rings. The van der Waals surface area contributed by atoms with E-state index in [1.807, 2.05) is 18.2 Å². The molecule has 1 aromatic carbocycles. The van der Waals surface area contributed by atoms with E-state index in [-0.39, 0.29) is 0 Å². The Kier molecular flexibility index (Phi) is 6.96. The quantitative estimate of drug-likeness (QED) is 0.662. The first kappa shape index (κ1) is 15.2. The molecule has 0 aromatic heterocycles. The molecular formula is C15H24ClNO. The van der Waals surface area contributed by atoms with Crippen LogP contribution >= 0.6 is 11.6 Å². The Labute approximate surface area is 116 Å². The van der Waals surface area contributed by atoms with Crippen molar-refractivity contribution in [1.29, 1.82) is 0 Å². The van der Waals surface area contributed by atoms with Gasteiger partial charge in [-0.3, -0.25) is 0 Å². The van der Waals surface area contributed by atoms with Crippen LogP contribution in [0.5, 0.6) is 5.75 Å². The van der Waals surface area contributed by atoms with Crippen LogP contribution in [0.4, 0.5) is 5.69 Å². The van der Waals surface area contributed by atoms with Gasteiger partial charge in [0.2, 0.25) is 0 Å². The Morgan fingerprint density at radius 2 is 2.06 bits per heavy atom. The monoisotopic (exact) mass is 269 g/mol. The fourth-order valence-electron chi connectivity index (χ4n) is 2.01. The molecular weight excluding hydrogens is 246 g/mol. The Bertz CT molecular complexity index is 354.